The van der Waals surface area contributed by atoms with E-state index in [1.54, 1.807) is 0 Å². The van der Waals surface area contributed by atoms with Crippen molar-refractivity contribution < 1.29 is 9.47 Å². The first-order valence-electron chi connectivity index (χ1n) is 6.95. The van der Waals surface area contributed by atoms with E-state index in [2.05, 4.69) is 20.8 Å². The van der Waals surface area contributed by atoms with Crippen LogP contribution >= 0.6 is 0 Å². The summed E-state index contributed by atoms with van der Waals surface area (Å²) in [5.41, 5.74) is 0. The number of rotatable bonds is 10. The Hall–Kier alpha value is 0.137. The maximum atomic E-state index is 5.56. The first-order chi connectivity index (χ1) is 7.76. The highest BCUT2D eigenvalue weighted by molar-refractivity contribution is 6.79. The van der Waals surface area contributed by atoms with E-state index in [0.717, 1.165) is 19.8 Å². The van der Waals surface area contributed by atoms with Crippen molar-refractivity contribution in [2.24, 2.45) is 0 Å². The molecule has 0 aliphatic carbocycles. The second-order valence-corrected chi connectivity index (χ2v) is 10.7. The lowest BCUT2D eigenvalue weighted by molar-refractivity contribution is 0.114. The van der Waals surface area contributed by atoms with Crippen LogP contribution in [0, 0.1) is 0 Å². The van der Waals surface area contributed by atoms with E-state index in [1.165, 1.54) is 37.0 Å². The fourth-order valence-electron chi connectivity index (χ4n) is 2.36. The second-order valence-electron chi connectivity index (χ2n) is 5.05. The molecule has 3 heteroatoms. The van der Waals surface area contributed by atoms with Gasteiger partial charge in [0.05, 0.1) is 21.3 Å². The Labute approximate surface area is 102 Å². The number of hydrogen-bond donors (Lipinski definition) is 0. The van der Waals surface area contributed by atoms with Gasteiger partial charge >= 0.3 is 0 Å². The third-order valence-corrected chi connectivity index (χ3v) is 10.1. The summed E-state index contributed by atoms with van der Waals surface area (Å²) in [5, 5.41) is 0. The number of hydrogen-bond acceptors (Lipinski definition) is 2. The highest BCUT2D eigenvalue weighted by Gasteiger charge is 2.25. The van der Waals surface area contributed by atoms with Gasteiger partial charge < -0.3 is 9.47 Å². The van der Waals surface area contributed by atoms with Gasteiger partial charge in [0.15, 0.2) is 0 Å². The Morgan fingerprint density at radius 3 is 2.25 bits per heavy atom. The molecule has 16 heavy (non-hydrogen) atoms. The van der Waals surface area contributed by atoms with Crippen LogP contribution in [0.25, 0.3) is 0 Å². The molecule has 0 saturated carbocycles. The standard InChI is InChI=1S/C13H28O2Si/c1-4-16(5-2,6-3)10-8-7-9-14-11-13-12-15-13/h13H,4-12H2,1-3H3. The smallest absolute Gasteiger partial charge is 0.104 e. The molecule has 0 aromatic carbocycles. The minimum atomic E-state index is -0.867. The van der Waals surface area contributed by atoms with Gasteiger partial charge in [-0.25, -0.2) is 0 Å². The van der Waals surface area contributed by atoms with E-state index in [9.17, 15) is 0 Å². The largest absolute Gasteiger partial charge is 0.379 e. The van der Waals surface area contributed by atoms with Gasteiger partial charge in [0.25, 0.3) is 0 Å². The monoisotopic (exact) mass is 244 g/mol. The number of unbranched alkanes of at least 4 members (excludes halogenated alkanes) is 1. The van der Waals surface area contributed by atoms with E-state index in [1.807, 2.05) is 0 Å². The van der Waals surface area contributed by atoms with Crippen molar-refractivity contribution in [3.05, 3.63) is 0 Å². The van der Waals surface area contributed by atoms with Gasteiger partial charge in [-0.05, 0) is 6.42 Å². The highest BCUT2D eigenvalue weighted by Crippen LogP contribution is 2.27. The third-order valence-electron chi connectivity index (χ3n) is 4.20. The van der Waals surface area contributed by atoms with E-state index in [4.69, 9.17) is 9.47 Å². The van der Waals surface area contributed by atoms with Gasteiger partial charge in [0, 0.05) is 6.61 Å². The quantitative estimate of drug-likeness (QED) is 0.332. The van der Waals surface area contributed by atoms with E-state index in [0.29, 0.717) is 6.10 Å². The second kappa shape index (κ2) is 7.46. The zero-order chi connectivity index (χ0) is 11.9. The molecular weight excluding hydrogens is 216 g/mol. The van der Waals surface area contributed by atoms with Gasteiger partial charge in [-0.15, -0.1) is 0 Å². The summed E-state index contributed by atoms with van der Waals surface area (Å²) in [6.07, 6.45) is 3.03. The van der Waals surface area contributed by atoms with Crippen LogP contribution in [0.1, 0.15) is 33.6 Å². The molecule has 0 amide bonds. The average Bonchev–Trinajstić information content (AvgIpc) is 3.13. The molecule has 1 heterocycles. The van der Waals surface area contributed by atoms with Crippen molar-refractivity contribution in [1.29, 1.82) is 0 Å². The van der Waals surface area contributed by atoms with Gasteiger partial charge in [0.1, 0.15) is 6.10 Å². The van der Waals surface area contributed by atoms with Crippen molar-refractivity contribution in [2.75, 3.05) is 19.8 Å². The molecule has 0 spiro atoms. The molecule has 0 N–H and O–H groups in total. The van der Waals surface area contributed by atoms with Crippen molar-refractivity contribution in [1.82, 2.24) is 0 Å². The maximum absolute atomic E-state index is 5.56. The first-order valence-corrected chi connectivity index (χ1v) is 9.78. The molecule has 1 atom stereocenters. The van der Waals surface area contributed by atoms with Gasteiger partial charge in [-0.1, -0.05) is 51.4 Å². The molecule has 1 saturated heterocycles. The highest BCUT2D eigenvalue weighted by atomic mass is 28.3. The molecule has 96 valence electrons. The molecule has 0 bridgehead atoms. The Morgan fingerprint density at radius 2 is 1.75 bits per heavy atom. The Balaban J connectivity index is 1.98. The zero-order valence-electron chi connectivity index (χ0n) is 11.3. The lowest BCUT2D eigenvalue weighted by atomic mass is 10.3. The fraction of sp³-hybridized carbons (Fsp3) is 1.00. The maximum Gasteiger partial charge on any atom is 0.104 e. The molecule has 1 fully saturated rings. The average molecular weight is 244 g/mol. The van der Waals surface area contributed by atoms with E-state index in [-0.39, 0.29) is 0 Å². The van der Waals surface area contributed by atoms with Crippen LogP contribution in [0.2, 0.25) is 24.2 Å². The van der Waals surface area contributed by atoms with Crippen LogP contribution in [0.15, 0.2) is 0 Å². The molecule has 1 rings (SSSR count). The summed E-state index contributed by atoms with van der Waals surface area (Å²) >= 11 is 0. The summed E-state index contributed by atoms with van der Waals surface area (Å²) in [5.74, 6) is 0. The minimum absolute atomic E-state index is 0.426. The molecule has 1 aliphatic heterocycles. The van der Waals surface area contributed by atoms with Crippen molar-refractivity contribution in [2.45, 2.75) is 63.9 Å². The van der Waals surface area contributed by atoms with Crippen LogP contribution in [0.5, 0.6) is 0 Å². The Kier molecular flexibility index (Phi) is 6.62. The normalized spacial score (nSPS) is 20.1. The summed E-state index contributed by atoms with van der Waals surface area (Å²) < 4.78 is 10.7. The van der Waals surface area contributed by atoms with Crippen molar-refractivity contribution >= 4 is 8.07 Å². The SMILES string of the molecule is CC[Si](CC)(CC)CCCCOCC1CO1. The van der Waals surface area contributed by atoms with Crippen molar-refractivity contribution in [3.63, 3.8) is 0 Å². The molecule has 0 aromatic heterocycles. The van der Waals surface area contributed by atoms with E-state index < -0.39 is 8.07 Å². The molecule has 1 aliphatic rings. The first kappa shape index (κ1) is 14.2. The molecule has 1 unspecified atom stereocenters. The third kappa shape index (κ3) is 4.98. The molecular formula is C13H28O2Si. The predicted molar refractivity (Wildman–Crippen MR) is 71.8 cm³/mol. The van der Waals surface area contributed by atoms with Crippen LogP contribution in [-0.4, -0.2) is 34.0 Å². The van der Waals surface area contributed by atoms with Crippen LogP contribution in [0.3, 0.4) is 0 Å². The summed E-state index contributed by atoms with van der Waals surface area (Å²) in [7, 11) is -0.867. The Morgan fingerprint density at radius 1 is 1.12 bits per heavy atom. The van der Waals surface area contributed by atoms with Gasteiger partial charge in [0.2, 0.25) is 0 Å². The van der Waals surface area contributed by atoms with E-state index >= 15 is 0 Å². The summed E-state index contributed by atoms with van der Waals surface area (Å²) in [6.45, 7) is 9.83. The van der Waals surface area contributed by atoms with Gasteiger partial charge in [-0.2, -0.15) is 0 Å². The lowest BCUT2D eigenvalue weighted by Gasteiger charge is -2.27. The topological polar surface area (TPSA) is 21.8 Å². The Bertz CT molecular complexity index is 169. The summed E-state index contributed by atoms with van der Waals surface area (Å²) in [6, 6.07) is 5.87. The molecule has 2 nitrogen and oxygen atoms in total. The summed E-state index contributed by atoms with van der Waals surface area (Å²) in [4.78, 5) is 0. The van der Waals surface area contributed by atoms with Gasteiger partial charge in [-0.3, -0.25) is 0 Å². The molecule has 0 aromatic rings. The number of ether oxygens (including phenoxy) is 2. The predicted octanol–water partition coefficient (Wildman–Crippen LogP) is 3.69. The van der Waals surface area contributed by atoms with Crippen LogP contribution in [-0.2, 0) is 9.47 Å². The zero-order valence-corrected chi connectivity index (χ0v) is 12.3. The number of epoxide rings is 1. The lowest BCUT2D eigenvalue weighted by Crippen LogP contribution is -2.30. The molecule has 0 radical (unpaired) electrons. The van der Waals surface area contributed by atoms with Crippen LogP contribution in [0.4, 0.5) is 0 Å². The fourth-order valence-corrected chi connectivity index (χ4v) is 5.92. The minimum Gasteiger partial charge on any atom is -0.379 e. The van der Waals surface area contributed by atoms with Crippen LogP contribution < -0.4 is 0 Å². The van der Waals surface area contributed by atoms with Crippen molar-refractivity contribution in [3.8, 4) is 0 Å².